The topological polar surface area (TPSA) is 102 Å². The summed E-state index contributed by atoms with van der Waals surface area (Å²) >= 11 is 1.66. The Morgan fingerprint density at radius 2 is 1.81 bits per heavy atom. The molecule has 3 aromatic rings. The Morgan fingerprint density at radius 3 is 2.47 bits per heavy atom. The largest absolute Gasteiger partial charge is 0.496 e. The fourth-order valence-corrected chi connectivity index (χ4v) is 4.58. The molecule has 7 nitrogen and oxygen atoms in total. The first kappa shape index (κ1) is 23.9. The summed E-state index contributed by atoms with van der Waals surface area (Å²) in [7, 11) is -2.06. The number of sulfonamides is 1. The molecule has 0 bridgehead atoms. The third kappa shape index (κ3) is 7.16. The van der Waals surface area contributed by atoms with Gasteiger partial charge >= 0.3 is 0 Å². The van der Waals surface area contributed by atoms with Gasteiger partial charge in [0.1, 0.15) is 5.75 Å². The lowest BCUT2D eigenvalue weighted by atomic mass is 10.1. The van der Waals surface area contributed by atoms with Crippen LogP contribution in [0.3, 0.4) is 0 Å². The van der Waals surface area contributed by atoms with E-state index in [9.17, 15) is 13.2 Å². The molecule has 1 aromatic heterocycles. The molecule has 0 spiro atoms. The van der Waals surface area contributed by atoms with Gasteiger partial charge in [-0.2, -0.15) is 0 Å². The molecule has 0 unspecified atom stereocenters. The molecule has 0 radical (unpaired) electrons. The van der Waals surface area contributed by atoms with E-state index in [4.69, 9.17) is 9.88 Å². The van der Waals surface area contributed by atoms with Crippen molar-refractivity contribution in [1.82, 2.24) is 10.2 Å². The van der Waals surface area contributed by atoms with Crippen molar-refractivity contribution in [2.24, 2.45) is 5.14 Å². The average molecular weight is 474 g/mol. The molecule has 0 aliphatic carbocycles. The Bertz CT molecular complexity index is 1110. The van der Waals surface area contributed by atoms with E-state index in [1.54, 1.807) is 30.6 Å². The van der Waals surface area contributed by atoms with Crippen LogP contribution in [-0.2, 0) is 34.3 Å². The van der Waals surface area contributed by atoms with Crippen LogP contribution in [0.15, 0.2) is 70.9 Å². The van der Waals surface area contributed by atoms with E-state index in [0.29, 0.717) is 26.1 Å². The molecule has 32 heavy (non-hydrogen) atoms. The van der Waals surface area contributed by atoms with Crippen molar-refractivity contribution < 1.29 is 17.9 Å². The van der Waals surface area contributed by atoms with E-state index in [1.165, 1.54) is 17.0 Å². The highest BCUT2D eigenvalue weighted by Gasteiger charge is 2.15. The molecule has 170 valence electrons. The first-order valence-corrected chi connectivity index (χ1v) is 12.5. The van der Waals surface area contributed by atoms with Crippen LogP contribution in [0.25, 0.3) is 0 Å². The smallest absolute Gasteiger partial charge is 0.238 e. The first-order valence-electron chi connectivity index (χ1n) is 10.1. The first-order chi connectivity index (χ1) is 15.3. The van der Waals surface area contributed by atoms with Gasteiger partial charge in [0.25, 0.3) is 0 Å². The van der Waals surface area contributed by atoms with Crippen LogP contribution in [0.2, 0.25) is 0 Å². The Kier molecular flexibility index (Phi) is 8.40. The van der Waals surface area contributed by atoms with Crippen molar-refractivity contribution >= 4 is 27.3 Å². The number of hydrogen-bond donors (Lipinski definition) is 2. The molecule has 2 aromatic carbocycles. The van der Waals surface area contributed by atoms with Crippen LogP contribution in [-0.4, -0.2) is 39.4 Å². The number of amides is 1. The third-order valence-electron chi connectivity index (χ3n) is 4.90. The van der Waals surface area contributed by atoms with Crippen molar-refractivity contribution in [1.29, 1.82) is 0 Å². The van der Waals surface area contributed by atoms with Crippen molar-refractivity contribution in [2.75, 3.05) is 20.2 Å². The van der Waals surface area contributed by atoms with E-state index in [0.717, 1.165) is 16.9 Å². The molecule has 1 heterocycles. The zero-order valence-corrected chi connectivity index (χ0v) is 19.5. The van der Waals surface area contributed by atoms with Gasteiger partial charge in [-0.1, -0.05) is 36.4 Å². The number of thiophene rings is 1. The van der Waals surface area contributed by atoms with Crippen molar-refractivity contribution in [3.8, 4) is 5.75 Å². The second-order valence-corrected chi connectivity index (χ2v) is 9.92. The lowest BCUT2D eigenvalue weighted by Gasteiger charge is -2.22. The van der Waals surface area contributed by atoms with Crippen LogP contribution in [0, 0.1) is 0 Å². The maximum Gasteiger partial charge on any atom is 0.238 e. The van der Waals surface area contributed by atoms with Crippen LogP contribution >= 0.6 is 11.3 Å². The summed E-state index contributed by atoms with van der Waals surface area (Å²) in [6.07, 6.45) is 0.591. The molecule has 0 aliphatic heterocycles. The summed E-state index contributed by atoms with van der Waals surface area (Å²) in [5.41, 5.74) is 1.94. The van der Waals surface area contributed by atoms with Gasteiger partial charge in [0.15, 0.2) is 0 Å². The predicted molar refractivity (Wildman–Crippen MR) is 126 cm³/mol. The van der Waals surface area contributed by atoms with E-state index >= 15 is 0 Å². The maximum atomic E-state index is 12.6. The summed E-state index contributed by atoms with van der Waals surface area (Å²) in [6, 6.07) is 18.2. The van der Waals surface area contributed by atoms with Gasteiger partial charge in [-0.3, -0.25) is 9.69 Å². The van der Waals surface area contributed by atoms with E-state index in [2.05, 4.69) is 16.3 Å². The monoisotopic (exact) mass is 473 g/mol. The Morgan fingerprint density at radius 1 is 1.06 bits per heavy atom. The molecule has 9 heteroatoms. The standard InChI is InChI=1S/C23H27N3O4S2/c1-30-22-7-3-2-5-19(22)15-26(16-20-6-4-14-31-20)17-23(27)25-13-12-18-8-10-21(11-9-18)32(24,28)29/h2-11,14H,12-13,15-17H2,1H3,(H,25,27)(H2,24,28,29). The SMILES string of the molecule is COc1ccccc1CN(CC(=O)NCCc1ccc(S(N)(=O)=O)cc1)Cc1cccs1. The number of benzene rings is 2. The number of para-hydroxylation sites is 1. The van der Waals surface area contributed by atoms with Crippen molar-refractivity contribution in [2.45, 2.75) is 24.4 Å². The van der Waals surface area contributed by atoms with Crippen LogP contribution in [0.1, 0.15) is 16.0 Å². The van der Waals surface area contributed by atoms with Crippen molar-refractivity contribution in [3.63, 3.8) is 0 Å². The minimum Gasteiger partial charge on any atom is -0.496 e. The van der Waals surface area contributed by atoms with Crippen LogP contribution < -0.4 is 15.2 Å². The molecule has 3 N–H and O–H groups in total. The maximum absolute atomic E-state index is 12.6. The highest BCUT2D eigenvalue weighted by atomic mass is 32.2. The number of carbonyl (C=O) groups is 1. The van der Waals surface area contributed by atoms with Gasteiger partial charge in [-0.15, -0.1) is 11.3 Å². The molecular formula is C23H27N3O4S2. The Balaban J connectivity index is 1.57. The van der Waals surface area contributed by atoms with Gasteiger partial charge in [0.05, 0.1) is 18.6 Å². The summed E-state index contributed by atoms with van der Waals surface area (Å²) in [5, 5.41) is 10.1. The number of nitrogens with two attached hydrogens (primary N) is 1. The molecular weight excluding hydrogens is 446 g/mol. The van der Waals surface area contributed by atoms with Gasteiger partial charge in [-0.25, -0.2) is 13.6 Å². The van der Waals surface area contributed by atoms with Gasteiger partial charge in [-0.05, 0) is 41.6 Å². The number of nitrogens with zero attached hydrogens (tertiary/aromatic N) is 1. The average Bonchev–Trinajstić information content (AvgIpc) is 3.27. The quantitative estimate of drug-likeness (QED) is 0.446. The molecule has 0 atom stereocenters. The van der Waals surface area contributed by atoms with Gasteiger partial charge in [0.2, 0.25) is 15.9 Å². The summed E-state index contributed by atoms with van der Waals surface area (Å²) < 4.78 is 28.1. The fraction of sp³-hybridized carbons (Fsp3) is 0.261. The second-order valence-electron chi connectivity index (χ2n) is 7.33. The highest BCUT2D eigenvalue weighted by Crippen LogP contribution is 2.21. The highest BCUT2D eigenvalue weighted by molar-refractivity contribution is 7.89. The molecule has 0 saturated heterocycles. The summed E-state index contributed by atoms with van der Waals surface area (Å²) in [4.78, 5) is 16.0. The van der Waals surface area contributed by atoms with Gasteiger partial charge < -0.3 is 10.1 Å². The summed E-state index contributed by atoms with van der Waals surface area (Å²) in [6.45, 7) is 1.96. The van der Waals surface area contributed by atoms with E-state index in [1.807, 2.05) is 35.7 Å². The Labute approximate surface area is 192 Å². The molecule has 3 rings (SSSR count). The second kappa shape index (κ2) is 11.2. The molecule has 0 fully saturated rings. The Hall–Kier alpha value is -2.72. The van der Waals surface area contributed by atoms with Crippen LogP contribution in [0.4, 0.5) is 0 Å². The lowest BCUT2D eigenvalue weighted by Crippen LogP contribution is -2.37. The predicted octanol–water partition coefficient (Wildman–Crippen LogP) is 2.77. The zero-order chi connectivity index (χ0) is 23.0. The fourth-order valence-electron chi connectivity index (χ4n) is 3.32. The molecule has 0 aliphatic rings. The van der Waals surface area contributed by atoms with E-state index < -0.39 is 10.0 Å². The minimum atomic E-state index is -3.70. The third-order valence-corrected chi connectivity index (χ3v) is 6.69. The van der Waals surface area contributed by atoms with Crippen molar-refractivity contribution in [3.05, 3.63) is 82.0 Å². The number of methoxy groups -OCH3 is 1. The van der Waals surface area contributed by atoms with E-state index in [-0.39, 0.29) is 17.3 Å². The lowest BCUT2D eigenvalue weighted by molar-refractivity contribution is -0.122. The minimum absolute atomic E-state index is 0.0717. The number of ether oxygens (including phenoxy) is 1. The molecule has 0 saturated carbocycles. The number of hydrogen-bond acceptors (Lipinski definition) is 6. The number of carbonyl (C=O) groups excluding carboxylic acids is 1. The van der Waals surface area contributed by atoms with Crippen LogP contribution in [0.5, 0.6) is 5.75 Å². The molecule has 1 amide bonds. The number of rotatable bonds is 11. The van der Waals surface area contributed by atoms with Gasteiger partial charge in [0, 0.05) is 30.1 Å². The number of nitrogens with one attached hydrogen (secondary N) is 1. The zero-order valence-electron chi connectivity index (χ0n) is 17.9. The number of primary sulfonamides is 1. The normalized spacial score (nSPS) is 11.5. The summed E-state index contributed by atoms with van der Waals surface area (Å²) in [5.74, 6) is 0.727.